The van der Waals surface area contributed by atoms with Gasteiger partial charge in [0.2, 0.25) is 0 Å². The number of hydrogen-bond acceptors (Lipinski definition) is 3. The van der Waals surface area contributed by atoms with Crippen LogP contribution in [0.1, 0.15) is 35.6 Å². The molecule has 3 heteroatoms. The van der Waals surface area contributed by atoms with Crippen molar-refractivity contribution in [2.24, 2.45) is 0 Å². The largest absolute Gasteiger partial charge is 0.369 e. The van der Waals surface area contributed by atoms with Crippen LogP contribution in [0.25, 0.3) is 0 Å². The molecular weight excluding hydrogens is 306 g/mol. The lowest BCUT2D eigenvalue weighted by atomic mass is 9.85. The Hall–Kier alpha value is -1.84. The summed E-state index contributed by atoms with van der Waals surface area (Å²) in [6.45, 7) is 5.54. The smallest absolute Gasteiger partial charge is 0.0418 e. The number of piperazine rings is 1. The standard InChI is InChI=1S/C22H29N3/c1-24-13-15-25(16-14-24)21-12-6-10-19-9-5-11-20(22(19)21)23-17-18-7-3-2-4-8-18/h2-4,6-8,10,12,20,23H,5,9,11,13-17H2,1H3. The molecule has 132 valence electrons. The topological polar surface area (TPSA) is 18.5 Å². The van der Waals surface area contributed by atoms with E-state index in [9.17, 15) is 0 Å². The predicted molar refractivity (Wildman–Crippen MR) is 105 cm³/mol. The molecular formula is C22H29N3. The SMILES string of the molecule is CN1CCN(c2cccc3c2C(NCc2ccccc2)CCC3)CC1. The first kappa shape index (κ1) is 16.6. The highest BCUT2D eigenvalue weighted by molar-refractivity contribution is 5.59. The van der Waals surface area contributed by atoms with Gasteiger partial charge in [-0.25, -0.2) is 0 Å². The van der Waals surface area contributed by atoms with Crippen LogP contribution in [0.2, 0.25) is 0 Å². The molecule has 0 spiro atoms. The zero-order valence-electron chi connectivity index (χ0n) is 15.2. The van der Waals surface area contributed by atoms with E-state index in [-0.39, 0.29) is 0 Å². The Morgan fingerprint density at radius 3 is 2.56 bits per heavy atom. The average Bonchev–Trinajstić information content (AvgIpc) is 2.67. The predicted octanol–water partition coefficient (Wildman–Crippen LogP) is 3.61. The van der Waals surface area contributed by atoms with Crippen LogP contribution in [0.4, 0.5) is 5.69 Å². The van der Waals surface area contributed by atoms with Gasteiger partial charge in [0.25, 0.3) is 0 Å². The van der Waals surface area contributed by atoms with E-state index in [1.807, 2.05) is 0 Å². The van der Waals surface area contributed by atoms with Crippen LogP contribution in [0.15, 0.2) is 48.5 Å². The number of likely N-dealkylation sites (N-methyl/N-ethyl adjacent to an activating group) is 1. The van der Waals surface area contributed by atoms with Crippen molar-refractivity contribution in [2.45, 2.75) is 31.8 Å². The molecule has 1 heterocycles. The van der Waals surface area contributed by atoms with Crippen LogP contribution in [0, 0.1) is 0 Å². The Bertz CT molecular complexity index is 690. The Labute approximate surface area is 151 Å². The van der Waals surface area contributed by atoms with Crippen LogP contribution >= 0.6 is 0 Å². The van der Waals surface area contributed by atoms with Crippen LogP contribution < -0.4 is 10.2 Å². The number of benzene rings is 2. The third-order valence-electron chi connectivity index (χ3n) is 5.70. The molecule has 1 N–H and O–H groups in total. The van der Waals surface area contributed by atoms with E-state index in [0.717, 1.165) is 32.7 Å². The summed E-state index contributed by atoms with van der Waals surface area (Å²) in [5.41, 5.74) is 5.95. The third kappa shape index (κ3) is 3.73. The molecule has 0 saturated carbocycles. The van der Waals surface area contributed by atoms with E-state index in [2.05, 4.69) is 70.7 Å². The highest BCUT2D eigenvalue weighted by Crippen LogP contribution is 2.37. The van der Waals surface area contributed by atoms with Crippen molar-refractivity contribution in [1.82, 2.24) is 10.2 Å². The van der Waals surface area contributed by atoms with E-state index < -0.39 is 0 Å². The van der Waals surface area contributed by atoms with Crippen molar-refractivity contribution >= 4 is 5.69 Å². The average molecular weight is 335 g/mol. The van der Waals surface area contributed by atoms with Gasteiger partial charge in [-0.05, 0) is 49.1 Å². The molecule has 1 fully saturated rings. The second-order valence-corrected chi connectivity index (χ2v) is 7.45. The minimum atomic E-state index is 0.472. The molecule has 1 aliphatic carbocycles. The summed E-state index contributed by atoms with van der Waals surface area (Å²) in [6, 6.07) is 18.2. The van der Waals surface area contributed by atoms with Gasteiger partial charge in [0.05, 0.1) is 0 Å². The molecule has 2 aromatic carbocycles. The highest BCUT2D eigenvalue weighted by Gasteiger charge is 2.26. The fraction of sp³-hybridized carbons (Fsp3) is 0.455. The summed E-state index contributed by atoms with van der Waals surface area (Å²) in [5, 5.41) is 3.85. The minimum absolute atomic E-state index is 0.472. The lowest BCUT2D eigenvalue weighted by Gasteiger charge is -2.38. The second kappa shape index (κ2) is 7.59. The fourth-order valence-electron chi connectivity index (χ4n) is 4.22. The highest BCUT2D eigenvalue weighted by atomic mass is 15.2. The maximum atomic E-state index is 3.85. The molecule has 1 saturated heterocycles. The Kier molecular flexibility index (Phi) is 5.04. The first-order valence-corrected chi connectivity index (χ1v) is 9.64. The van der Waals surface area contributed by atoms with E-state index in [4.69, 9.17) is 0 Å². The van der Waals surface area contributed by atoms with E-state index in [0.29, 0.717) is 6.04 Å². The van der Waals surface area contributed by atoms with Crippen LogP contribution in [0.3, 0.4) is 0 Å². The summed E-state index contributed by atoms with van der Waals surface area (Å²) < 4.78 is 0. The van der Waals surface area contributed by atoms with Gasteiger partial charge in [0.15, 0.2) is 0 Å². The van der Waals surface area contributed by atoms with E-state index in [1.54, 1.807) is 11.1 Å². The molecule has 3 nitrogen and oxygen atoms in total. The zero-order chi connectivity index (χ0) is 17.1. The van der Waals surface area contributed by atoms with Gasteiger partial charge in [-0.3, -0.25) is 0 Å². The van der Waals surface area contributed by atoms with Crippen molar-refractivity contribution in [1.29, 1.82) is 0 Å². The molecule has 2 aliphatic rings. The molecule has 1 unspecified atom stereocenters. The van der Waals surface area contributed by atoms with Crippen molar-refractivity contribution in [3.8, 4) is 0 Å². The van der Waals surface area contributed by atoms with Gasteiger partial charge in [-0.2, -0.15) is 0 Å². The van der Waals surface area contributed by atoms with Crippen molar-refractivity contribution in [2.75, 3.05) is 38.1 Å². The Morgan fingerprint density at radius 1 is 0.960 bits per heavy atom. The normalized spacial score (nSPS) is 21.2. The fourth-order valence-corrected chi connectivity index (χ4v) is 4.22. The van der Waals surface area contributed by atoms with Gasteiger partial charge < -0.3 is 15.1 Å². The van der Waals surface area contributed by atoms with Crippen molar-refractivity contribution in [3.63, 3.8) is 0 Å². The molecule has 0 radical (unpaired) electrons. The Balaban J connectivity index is 1.56. The molecule has 0 bridgehead atoms. The molecule has 0 amide bonds. The first-order valence-electron chi connectivity index (χ1n) is 9.64. The second-order valence-electron chi connectivity index (χ2n) is 7.45. The summed E-state index contributed by atoms with van der Waals surface area (Å²) in [4.78, 5) is 5.03. The van der Waals surface area contributed by atoms with Gasteiger partial charge in [-0.15, -0.1) is 0 Å². The first-order chi connectivity index (χ1) is 12.3. The van der Waals surface area contributed by atoms with Gasteiger partial charge in [-0.1, -0.05) is 42.5 Å². The van der Waals surface area contributed by atoms with E-state index >= 15 is 0 Å². The number of anilines is 1. The van der Waals surface area contributed by atoms with Gasteiger partial charge >= 0.3 is 0 Å². The number of hydrogen-bond donors (Lipinski definition) is 1. The lowest BCUT2D eigenvalue weighted by Crippen LogP contribution is -2.45. The number of aryl methyl sites for hydroxylation is 1. The maximum absolute atomic E-state index is 3.85. The molecule has 2 aromatic rings. The molecule has 1 atom stereocenters. The summed E-state index contributed by atoms with van der Waals surface area (Å²) in [7, 11) is 2.22. The number of nitrogens with zero attached hydrogens (tertiary/aromatic N) is 2. The summed E-state index contributed by atoms with van der Waals surface area (Å²) in [5.74, 6) is 0. The summed E-state index contributed by atoms with van der Waals surface area (Å²) >= 11 is 0. The number of rotatable bonds is 4. The monoisotopic (exact) mass is 335 g/mol. The zero-order valence-corrected chi connectivity index (χ0v) is 15.2. The van der Waals surface area contributed by atoms with Crippen molar-refractivity contribution < 1.29 is 0 Å². The molecule has 25 heavy (non-hydrogen) atoms. The third-order valence-corrected chi connectivity index (χ3v) is 5.70. The lowest BCUT2D eigenvalue weighted by molar-refractivity contribution is 0.312. The molecule has 4 rings (SSSR count). The molecule has 0 aromatic heterocycles. The Morgan fingerprint density at radius 2 is 1.76 bits per heavy atom. The van der Waals surface area contributed by atoms with Crippen LogP contribution in [-0.4, -0.2) is 38.1 Å². The van der Waals surface area contributed by atoms with Crippen LogP contribution in [-0.2, 0) is 13.0 Å². The van der Waals surface area contributed by atoms with Gasteiger partial charge in [0.1, 0.15) is 0 Å². The quantitative estimate of drug-likeness (QED) is 0.921. The maximum Gasteiger partial charge on any atom is 0.0418 e. The van der Waals surface area contributed by atoms with E-state index in [1.165, 1.54) is 30.5 Å². The minimum Gasteiger partial charge on any atom is -0.369 e. The van der Waals surface area contributed by atoms with Crippen LogP contribution in [0.5, 0.6) is 0 Å². The molecule has 1 aliphatic heterocycles. The van der Waals surface area contributed by atoms with Crippen molar-refractivity contribution in [3.05, 3.63) is 65.2 Å². The van der Waals surface area contributed by atoms with Gasteiger partial charge in [0, 0.05) is 44.5 Å². The number of fused-ring (bicyclic) bond motifs is 1. The number of nitrogens with one attached hydrogen (secondary N) is 1. The summed E-state index contributed by atoms with van der Waals surface area (Å²) in [6.07, 6.45) is 3.75.